The predicted octanol–water partition coefficient (Wildman–Crippen LogP) is 3.67. The van der Waals surface area contributed by atoms with Crippen molar-refractivity contribution in [3.63, 3.8) is 0 Å². The number of rotatable bonds is 3. The van der Waals surface area contributed by atoms with Crippen LogP contribution in [0.1, 0.15) is 37.2 Å². The van der Waals surface area contributed by atoms with Gasteiger partial charge in [0, 0.05) is 18.0 Å². The van der Waals surface area contributed by atoms with Crippen molar-refractivity contribution in [2.75, 3.05) is 12.8 Å². The van der Waals surface area contributed by atoms with E-state index in [-0.39, 0.29) is 0 Å². The Balaban J connectivity index is 1.95. The predicted molar refractivity (Wildman–Crippen MR) is 91.0 cm³/mol. The van der Waals surface area contributed by atoms with Crippen LogP contribution in [0.15, 0.2) is 36.8 Å². The van der Waals surface area contributed by atoms with Crippen molar-refractivity contribution < 1.29 is 4.74 Å². The Morgan fingerprint density at radius 1 is 1.22 bits per heavy atom. The summed E-state index contributed by atoms with van der Waals surface area (Å²) in [7, 11) is 1.67. The van der Waals surface area contributed by atoms with Crippen molar-refractivity contribution in [2.45, 2.75) is 31.6 Å². The van der Waals surface area contributed by atoms with Crippen molar-refractivity contribution in [1.29, 1.82) is 0 Å². The van der Waals surface area contributed by atoms with Crippen LogP contribution in [0.2, 0.25) is 0 Å². The molecule has 5 heteroatoms. The van der Waals surface area contributed by atoms with Crippen LogP contribution in [0.3, 0.4) is 0 Å². The molecule has 2 N–H and O–H groups in total. The van der Waals surface area contributed by atoms with E-state index in [9.17, 15) is 0 Å². The molecule has 0 aliphatic heterocycles. The highest BCUT2D eigenvalue weighted by Gasteiger charge is 2.24. The van der Waals surface area contributed by atoms with Crippen molar-refractivity contribution in [2.24, 2.45) is 0 Å². The number of hydrogen-bond acceptors (Lipinski definition) is 4. The van der Waals surface area contributed by atoms with Crippen LogP contribution in [0.4, 0.5) is 5.82 Å². The Kier molecular flexibility index (Phi) is 3.41. The summed E-state index contributed by atoms with van der Waals surface area (Å²) in [6, 6.07) is 7.97. The van der Waals surface area contributed by atoms with Gasteiger partial charge < -0.3 is 15.0 Å². The summed E-state index contributed by atoms with van der Waals surface area (Å²) in [4.78, 5) is 8.72. The smallest absolute Gasteiger partial charge is 0.151 e. The minimum Gasteiger partial charge on any atom is -0.497 e. The summed E-state index contributed by atoms with van der Waals surface area (Å²) >= 11 is 0. The summed E-state index contributed by atoms with van der Waals surface area (Å²) in [5.74, 6) is 1.91. The maximum absolute atomic E-state index is 6.17. The van der Waals surface area contributed by atoms with Crippen molar-refractivity contribution in [1.82, 2.24) is 14.5 Å². The van der Waals surface area contributed by atoms with Gasteiger partial charge in [-0.05, 0) is 36.5 Å². The van der Waals surface area contributed by atoms with Crippen LogP contribution in [-0.2, 0) is 0 Å². The molecule has 1 fully saturated rings. The third kappa shape index (κ3) is 2.32. The van der Waals surface area contributed by atoms with Crippen molar-refractivity contribution in [3.05, 3.63) is 42.4 Å². The molecule has 0 atom stereocenters. The Labute approximate surface area is 135 Å². The van der Waals surface area contributed by atoms with Crippen LogP contribution in [-0.4, -0.2) is 21.6 Å². The van der Waals surface area contributed by atoms with Gasteiger partial charge in [-0.1, -0.05) is 18.9 Å². The third-order valence-corrected chi connectivity index (χ3v) is 4.76. The van der Waals surface area contributed by atoms with Gasteiger partial charge in [0.1, 0.15) is 17.6 Å². The van der Waals surface area contributed by atoms with E-state index < -0.39 is 0 Å². The second-order valence-corrected chi connectivity index (χ2v) is 6.09. The Morgan fingerprint density at radius 2 is 2.04 bits per heavy atom. The summed E-state index contributed by atoms with van der Waals surface area (Å²) in [5, 5.41) is 0. The zero-order valence-electron chi connectivity index (χ0n) is 13.2. The highest BCUT2D eigenvalue weighted by molar-refractivity contribution is 5.90. The molecule has 0 saturated heterocycles. The van der Waals surface area contributed by atoms with Crippen LogP contribution in [0.5, 0.6) is 5.75 Å². The number of anilines is 1. The first kappa shape index (κ1) is 14.1. The van der Waals surface area contributed by atoms with Gasteiger partial charge >= 0.3 is 0 Å². The molecule has 1 aromatic carbocycles. The average Bonchev–Trinajstić information content (AvgIpc) is 3.23. The van der Waals surface area contributed by atoms with E-state index in [1.165, 1.54) is 31.2 Å². The number of methoxy groups -OCH3 is 1. The Bertz CT molecular complexity index is 849. The molecule has 1 aliphatic rings. The van der Waals surface area contributed by atoms with E-state index in [2.05, 4.69) is 20.7 Å². The zero-order chi connectivity index (χ0) is 15.8. The van der Waals surface area contributed by atoms with Crippen LogP contribution in [0.25, 0.3) is 16.7 Å². The lowest BCUT2D eigenvalue weighted by Gasteiger charge is -2.08. The summed E-state index contributed by atoms with van der Waals surface area (Å²) in [5.41, 5.74) is 10.3. The van der Waals surface area contributed by atoms with Crippen LogP contribution >= 0.6 is 0 Å². The fourth-order valence-corrected chi connectivity index (χ4v) is 3.61. The van der Waals surface area contributed by atoms with Crippen molar-refractivity contribution >= 4 is 16.9 Å². The number of fused-ring (bicyclic) bond motifs is 1. The minimum atomic E-state index is 0.516. The maximum atomic E-state index is 6.17. The quantitative estimate of drug-likeness (QED) is 0.801. The van der Waals surface area contributed by atoms with E-state index >= 15 is 0 Å². The van der Waals surface area contributed by atoms with Gasteiger partial charge in [-0.15, -0.1) is 0 Å². The second-order valence-electron chi connectivity index (χ2n) is 6.09. The molecule has 0 bridgehead atoms. The fourth-order valence-electron chi connectivity index (χ4n) is 3.61. The molecule has 0 amide bonds. The van der Waals surface area contributed by atoms with Gasteiger partial charge in [0.15, 0.2) is 5.82 Å². The van der Waals surface area contributed by atoms with E-state index in [1.54, 1.807) is 13.4 Å². The van der Waals surface area contributed by atoms with E-state index in [0.29, 0.717) is 11.7 Å². The Morgan fingerprint density at radius 3 is 2.83 bits per heavy atom. The van der Waals surface area contributed by atoms with Gasteiger partial charge in [-0.3, -0.25) is 0 Å². The van der Waals surface area contributed by atoms with Crippen molar-refractivity contribution in [3.8, 4) is 11.4 Å². The summed E-state index contributed by atoms with van der Waals surface area (Å²) < 4.78 is 7.45. The molecule has 0 unspecified atom stereocenters. The van der Waals surface area contributed by atoms with E-state index in [4.69, 9.17) is 10.5 Å². The summed E-state index contributed by atoms with van der Waals surface area (Å²) in [6.07, 6.45) is 8.77. The minimum absolute atomic E-state index is 0.516. The van der Waals surface area contributed by atoms with E-state index in [0.717, 1.165) is 22.5 Å². The standard InChI is InChI=1S/C18H20N4O/c1-23-14-8-4-7-13(9-14)22-10-15(12-5-2-3-6-12)16-17(22)18(19)21-11-20-16/h4,7-12H,2-3,5-6H2,1H3,(H2,19,20,21). The van der Waals surface area contributed by atoms with Crippen LogP contribution < -0.4 is 10.5 Å². The molecule has 23 heavy (non-hydrogen) atoms. The first-order chi connectivity index (χ1) is 11.3. The summed E-state index contributed by atoms with van der Waals surface area (Å²) in [6.45, 7) is 0. The van der Waals surface area contributed by atoms with Gasteiger partial charge in [0.25, 0.3) is 0 Å². The first-order valence-electron chi connectivity index (χ1n) is 8.04. The first-order valence-corrected chi connectivity index (χ1v) is 8.04. The molecule has 3 aromatic rings. The SMILES string of the molecule is COc1cccc(-n2cc(C3CCCC3)c3ncnc(N)c32)c1. The molecule has 118 valence electrons. The molecule has 4 rings (SSSR count). The molecule has 2 aromatic heterocycles. The highest BCUT2D eigenvalue weighted by atomic mass is 16.5. The molecule has 1 aliphatic carbocycles. The number of benzene rings is 1. The number of hydrogen-bond donors (Lipinski definition) is 1. The molecule has 5 nitrogen and oxygen atoms in total. The van der Waals surface area contributed by atoms with Gasteiger partial charge in [0.2, 0.25) is 0 Å². The monoisotopic (exact) mass is 308 g/mol. The number of ether oxygens (including phenoxy) is 1. The van der Waals surface area contributed by atoms with Gasteiger partial charge in [-0.2, -0.15) is 0 Å². The number of aromatic nitrogens is 3. The molecule has 2 heterocycles. The topological polar surface area (TPSA) is 66.0 Å². The molecule has 0 radical (unpaired) electrons. The Hall–Kier alpha value is -2.56. The van der Waals surface area contributed by atoms with E-state index in [1.807, 2.05) is 24.3 Å². The second kappa shape index (κ2) is 5.57. The maximum Gasteiger partial charge on any atom is 0.151 e. The van der Waals surface area contributed by atoms with Gasteiger partial charge in [0.05, 0.1) is 12.6 Å². The normalized spacial score (nSPS) is 15.3. The lowest BCUT2D eigenvalue weighted by atomic mass is 10.00. The lowest BCUT2D eigenvalue weighted by Crippen LogP contribution is -1.99. The lowest BCUT2D eigenvalue weighted by molar-refractivity contribution is 0.414. The molecular weight excluding hydrogens is 288 g/mol. The number of nitrogens with zero attached hydrogens (tertiary/aromatic N) is 3. The molecule has 0 spiro atoms. The zero-order valence-corrected chi connectivity index (χ0v) is 13.2. The third-order valence-electron chi connectivity index (χ3n) is 4.76. The van der Waals surface area contributed by atoms with Gasteiger partial charge in [-0.25, -0.2) is 9.97 Å². The average molecular weight is 308 g/mol. The number of nitrogens with two attached hydrogens (primary N) is 1. The molecular formula is C18H20N4O. The highest BCUT2D eigenvalue weighted by Crippen LogP contribution is 2.39. The molecule has 1 saturated carbocycles. The number of nitrogen functional groups attached to an aromatic ring is 1. The largest absolute Gasteiger partial charge is 0.497 e. The fraction of sp³-hybridized carbons (Fsp3) is 0.333. The van der Waals surface area contributed by atoms with Crippen LogP contribution in [0, 0.1) is 0 Å².